The first-order chi connectivity index (χ1) is 15.0. The molecule has 0 spiro atoms. The lowest BCUT2D eigenvalue weighted by Gasteiger charge is -2.41. The van der Waals surface area contributed by atoms with E-state index in [1.807, 2.05) is 4.90 Å². The van der Waals surface area contributed by atoms with Crippen LogP contribution in [-0.4, -0.2) is 53.8 Å². The maximum absolute atomic E-state index is 13.6. The number of fused-ring (bicyclic) bond motifs is 1. The summed E-state index contributed by atoms with van der Waals surface area (Å²) in [7, 11) is 0. The Labute approximate surface area is 187 Å². The Morgan fingerprint density at radius 2 is 1.71 bits per heavy atom. The molecule has 5 nitrogen and oxygen atoms in total. The Hall–Kier alpha value is -1.88. The largest absolute Gasteiger partial charge is 0.348 e. The van der Waals surface area contributed by atoms with E-state index in [4.69, 9.17) is 0 Å². The molecule has 2 atom stereocenters. The van der Waals surface area contributed by atoms with Crippen molar-refractivity contribution in [1.82, 2.24) is 15.1 Å². The van der Waals surface area contributed by atoms with Crippen molar-refractivity contribution in [2.45, 2.75) is 77.3 Å². The predicted octanol–water partition coefficient (Wildman–Crippen LogP) is 3.93. The van der Waals surface area contributed by atoms with Gasteiger partial charge in [-0.05, 0) is 55.1 Å². The molecular formula is C26H39N3O2. The van der Waals surface area contributed by atoms with Gasteiger partial charge in [-0.2, -0.15) is 0 Å². The van der Waals surface area contributed by atoms with Crippen LogP contribution in [0.15, 0.2) is 24.3 Å². The summed E-state index contributed by atoms with van der Waals surface area (Å²) < 4.78 is 0. The van der Waals surface area contributed by atoms with E-state index in [9.17, 15) is 9.59 Å². The molecule has 2 aliphatic carbocycles. The molecule has 4 rings (SSSR count). The molecule has 1 aliphatic heterocycles. The van der Waals surface area contributed by atoms with E-state index in [1.54, 1.807) is 0 Å². The Balaban J connectivity index is 1.43. The van der Waals surface area contributed by atoms with Gasteiger partial charge in [-0.1, -0.05) is 51.0 Å². The van der Waals surface area contributed by atoms with Crippen molar-refractivity contribution >= 4 is 11.8 Å². The summed E-state index contributed by atoms with van der Waals surface area (Å²) in [6.07, 6.45) is 8.64. The molecule has 31 heavy (non-hydrogen) atoms. The lowest BCUT2D eigenvalue weighted by atomic mass is 9.87. The van der Waals surface area contributed by atoms with Crippen molar-refractivity contribution in [2.75, 3.05) is 26.2 Å². The number of nitrogens with one attached hydrogen (secondary N) is 1. The molecule has 0 bridgehead atoms. The summed E-state index contributed by atoms with van der Waals surface area (Å²) in [5, 5.41) is 3.45. The topological polar surface area (TPSA) is 52.7 Å². The molecule has 1 aromatic rings. The number of nitrogens with zero attached hydrogens (tertiary/aromatic N) is 2. The number of carbonyl (C=O) groups is 2. The van der Waals surface area contributed by atoms with Gasteiger partial charge in [0.1, 0.15) is 0 Å². The molecule has 1 aromatic carbocycles. The highest BCUT2D eigenvalue weighted by Gasteiger charge is 2.38. The minimum absolute atomic E-state index is 0.0565. The zero-order valence-electron chi connectivity index (χ0n) is 19.3. The quantitative estimate of drug-likeness (QED) is 0.751. The summed E-state index contributed by atoms with van der Waals surface area (Å²) in [5.41, 5.74) is 2.69. The second-order valence-corrected chi connectivity index (χ2v) is 10.2. The molecule has 2 fully saturated rings. The van der Waals surface area contributed by atoms with Gasteiger partial charge in [0.05, 0.1) is 12.1 Å². The number of carbonyl (C=O) groups excluding carboxylic acids is 2. The van der Waals surface area contributed by atoms with Crippen LogP contribution in [0.5, 0.6) is 0 Å². The summed E-state index contributed by atoms with van der Waals surface area (Å²) in [4.78, 5) is 30.5. The number of rotatable bonds is 6. The van der Waals surface area contributed by atoms with Crippen molar-refractivity contribution in [3.8, 4) is 0 Å². The average Bonchev–Trinajstić information content (AvgIpc) is 3.28. The Kier molecular flexibility index (Phi) is 7.31. The van der Waals surface area contributed by atoms with Crippen LogP contribution in [0.2, 0.25) is 0 Å². The van der Waals surface area contributed by atoms with Crippen LogP contribution < -0.4 is 5.32 Å². The van der Waals surface area contributed by atoms with Gasteiger partial charge in [0.25, 0.3) is 0 Å². The fourth-order valence-corrected chi connectivity index (χ4v) is 5.84. The summed E-state index contributed by atoms with van der Waals surface area (Å²) in [6.45, 7) is 7.29. The first-order valence-corrected chi connectivity index (χ1v) is 12.4. The standard InChI is InChI=1S/C26H39N3O2/c1-19(2)18-24(30)28-14-16-29(17-15-28)25(21-9-3-4-10-21)26(31)27-23-13-7-11-20-8-5-6-12-22(20)23/h5-6,8,12,19,21,23,25H,3-4,7,9-11,13-18H2,1-2H3,(H,27,31)/t23-,25+/m0/s1. The molecule has 5 heteroatoms. The van der Waals surface area contributed by atoms with Crippen molar-refractivity contribution < 1.29 is 9.59 Å². The average molecular weight is 426 g/mol. The highest BCUT2D eigenvalue weighted by atomic mass is 16.2. The van der Waals surface area contributed by atoms with E-state index in [0.717, 1.165) is 58.3 Å². The summed E-state index contributed by atoms with van der Waals surface area (Å²) in [5.74, 6) is 1.29. The Morgan fingerprint density at radius 1 is 1.00 bits per heavy atom. The summed E-state index contributed by atoms with van der Waals surface area (Å²) in [6, 6.07) is 8.66. The molecule has 0 unspecified atom stereocenters. The van der Waals surface area contributed by atoms with E-state index in [2.05, 4.69) is 48.3 Å². The van der Waals surface area contributed by atoms with Gasteiger partial charge < -0.3 is 10.2 Å². The van der Waals surface area contributed by atoms with Crippen molar-refractivity contribution in [2.24, 2.45) is 11.8 Å². The van der Waals surface area contributed by atoms with Crippen LogP contribution in [0.25, 0.3) is 0 Å². The highest BCUT2D eigenvalue weighted by Crippen LogP contribution is 2.33. The molecule has 170 valence electrons. The number of benzene rings is 1. The number of aryl methyl sites for hydroxylation is 1. The minimum Gasteiger partial charge on any atom is -0.348 e. The molecule has 3 aliphatic rings. The van der Waals surface area contributed by atoms with Gasteiger partial charge in [-0.25, -0.2) is 0 Å². The van der Waals surface area contributed by atoms with Crippen molar-refractivity contribution in [3.63, 3.8) is 0 Å². The monoisotopic (exact) mass is 425 g/mol. The van der Waals surface area contributed by atoms with Gasteiger partial charge in [-0.3, -0.25) is 14.5 Å². The SMILES string of the molecule is CC(C)CC(=O)N1CCN([C@@H](C(=O)N[C@H]2CCCc3ccccc32)C2CCCC2)CC1. The normalized spacial score (nSPS) is 23.6. The van der Waals surface area contributed by atoms with Crippen LogP contribution >= 0.6 is 0 Å². The van der Waals surface area contributed by atoms with E-state index in [1.165, 1.54) is 24.0 Å². The van der Waals surface area contributed by atoms with Crippen LogP contribution in [-0.2, 0) is 16.0 Å². The lowest BCUT2D eigenvalue weighted by Crippen LogP contribution is -2.58. The van der Waals surface area contributed by atoms with Gasteiger partial charge in [0, 0.05) is 32.6 Å². The van der Waals surface area contributed by atoms with Gasteiger partial charge in [0.2, 0.25) is 11.8 Å². The van der Waals surface area contributed by atoms with Gasteiger partial charge in [0.15, 0.2) is 0 Å². The van der Waals surface area contributed by atoms with E-state index in [0.29, 0.717) is 18.3 Å². The van der Waals surface area contributed by atoms with E-state index in [-0.39, 0.29) is 23.9 Å². The second-order valence-electron chi connectivity index (χ2n) is 10.2. The third-order valence-electron chi connectivity index (χ3n) is 7.44. The fourth-order valence-electron chi connectivity index (χ4n) is 5.84. The van der Waals surface area contributed by atoms with E-state index >= 15 is 0 Å². The smallest absolute Gasteiger partial charge is 0.238 e. The number of amides is 2. The first kappa shape index (κ1) is 22.3. The summed E-state index contributed by atoms with van der Waals surface area (Å²) >= 11 is 0. The minimum atomic E-state index is -0.0565. The van der Waals surface area contributed by atoms with Crippen LogP contribution in [0, 0.1) is 11.8 Å². The van der Waals surface area contributed by atoms with E-state index < -0.39 is 0 Å². The molecule has 1 N–H and O–H groups in total. The van der Waals surface area contributed by atoms with Crippen LogP contribution in [0.3, 0.4) is 0 Å². The molecule has 2 amide bonds. The number of hydrogen-bond donors (Lipinski definition) is 1. The molecule has 0 aromatic heterocycles. The van der Waals surface area contributed by atoms with Gasteiger partial charge >= 0.3 is 0 Å². The Bertz CT molecular complexity index is 764. The number of hydrogen-bond acceptors (Lipinski definition) is 3. The van der Waals surface area contributed by atoms with Crippen molar-refractivity contribution in [3.05, 3.63) is 35.4 Å². The Morgan fingerprint density at radius 3 is 2.42 bits per heavy atom. The highest BCUT2D eigenvalue weighted by molar-refractivity contribution is 5.83. The molecular weight excluding hydrogens is 386 g/mol. The fraction of sp³-hybridized carbons (Fsp3) is 0.692. The molecule has 0 radical (unpaired) electrons. The first-order valence-electron chi connectivity index (χ1n) is 12.4. The predicted molar refractivity (Wildman–Crippen MR) is 124 cm³/mol. The third-order valence-corrected chi connectivity index (χ3v) is 7.44. The molecule has 1 saturated carbocycles. The maximum Gasteiger partial charge on any atom is 0.238 e. The molecule has 1 heterocycles. The van der Waals surface area contributed by atoms with Crippen LogP contribution in [0.1, 0.15) is 76.0 Å². The van der Waals surface area contributed by atoms with Crippen LogP contribution in [0.4, 0.5) is 0 Å². The zero-order chi connectivity index (χ0) is 21.8. The maximum atomic E-state index is 13.6. The molecule has 1 saturated heterocycles. The lowest BCUT2D eigenvalue weighted by molar-refractivity contribution is -0.136. The van der Waals surface area contributed by atoms with Gasteiger partial charge in [-0.15, -0.1) is 0 Å². The number of piperazine rings is 1. The zero-order valence-corrected chi connectivity index (χ0v) is 19.3. The van der Waals surface area contributed by atoms with Crippen molar-refractivity contribution in [1.29, 1.82) is 0 Å². The third kappa shape index (κ3) is 5.31. The second kappa shape index (κ2) is 10.2.